The molecule has 0 saturated carbocycles. The van der Waals surface area contributed by atoms with Gasteiger partial charge in [0.15, 0.2) is 0 Å². The topological polar surface area (TPSA) is 108 Å². The van der Waals surface area contributed by atoms with Gasteiger partial charge >= 0.3 is 5.97 Å². The highest BCUT2D eigenvalue weighted by molar-refractivity contribution is 5.81. The zero-order valence-corrected chi connectivity index (χ0v) is 8.53. The minimum absolute atomic E-state index is 0.0412. The zero-order chi connectivity index (χ0) is 11.3. The number of carboxylic acid groups (broad SMARTS) is 1. The van der Waals surface area contributed by atoms with Crippen LogP contribution in [-0.4, -0.2) is 42.2 Å². The Bertz CT molecular complexity index is 245. The maximum Gasteiger partial charge on any atom is 0.322 e. The van der Waals surface area contributed by atoms with Gasteiger partial charge in [0, 0.05) is 19.1 Å². The van der Waals surface area contributed by atoms with Gasteiger partial charge in [0.1, 0.15) is 6.04 Å². The molecule has 1 aliphatic rings. The average molecular weight is 215 g/mol. The van der Waals surface area contributed by atoms with Crippen LogP contribution in [0, 0.1) is 5.41 Å². The number of aliphatic carboxylic acids is 1. The van der Waals surface area contributed by atoms with Crippen molar-refractivity contribution >= 4 is 11.8 Å². The van der Waals surface area contributed by atoms with Crippen molar-refractivity contribution in [3.8, 4) is 0 Å². The van der Waals surface area contributed by atoms with Crippen LogP contribution < -0.4 is 11.1 Å². The first-order valence-corrected chi connectivity index (χ1v) is 4.99. The van der Waals surface area contributed by atoms with Crippen LogP contribution in [0.1, 0.15) is 19.3 Å². The Morgan fingerprint density at radius 2 is 2.53 bits per heavy atom. The van der Waals surface area contributed by atoms with Crippen LogP contribution in [0.25, 0.3) is 0 Å². The number of hydrogen-bond donors (Lipinski definition) is 4. The molecule has 1 aliphatic heterocycles. The Hall–Kier alpha value is -1.14. The van der Waals surface area contributed by atoms with Crippen molar-refractivity contribution in [1.82, 2.24) is 5.32 Å². The van der Waals surface area contributed by atoms with Crippen LogP contribution >= 0.6 is 0 Å². The van der Waals surface area contributed by atoms with Crippen LogP contribution in [0.4, 0.5) is 0 Å². The van der Waals surface area contributed by atoms with E-state index in [9.17, 15) is 4.79 Å². The predicted octanol–water partition coefficient (Wildman–Crippen LogP) is -0.466. The molecule has 1 heterocycles. The summed E-state index contributed by atoms with van der Waals surface area (Å²) in [6.07, 6.45) is 2.53. The lowest BCUT2D eigenvalue weighted by Crippen LogP contribution is -2.35. The molecule has 2 atom stereocenters. The standard InChI is InChI=1S/C9H17N3O3/c10-7(9(13)14)5-15-4-3-6-1-2-8(11)12-6/h6-7H,1-5,10H2,(H2,11,12)(H,13,14)/t6-,7-/m0/s1. The molecular formula is C9H17N3O3. The zero-order valence-electron chi connectivity index (χ0n) is 8.53. The number of ether oxygens (including phenoxy) is 1. The molecule has 6 heteroatoms. The van der Waals surface area contributed by atoms with Gasteiger partial charge < -0.3 is 20.9 Å². The van der Waals surface area contributed by atoms with Gasteiger partial charge in [-0.3, -0.25) is 10.2 Å². The maximum atomic E-state index is 10.3. The van der Waals surface area contributed by atoms with Crippen molar-refractivity contribution < 1.29 is 14.6 Å². The number of carboxylic acids is 1. The summed E-state index contributed by atoms with van der Waals surface area (Å²) in [6, 6.07) is -0.654. The summed E-state index contributed by atoms with van der Waals surface area (Å²) >= 11 is 0. The Morgan fingerprint density at radius 3 is 3.07 bits per heavy atom. The molecule has 15 heavy (non-hydrogen) atoms. The van der Waals surface area contributed by atoms with E-state index in [0.717, 1.165) is 19.3 Å². The normalized spacial score (nSPS) is 22.5. The second-order valence-electron chi connectivity index (χ2n) is 3.67. The summed E-state index contributed by atoms with van der Waals surface area (Å²) in [5, 5.41) is 18.8. The smallest absolute Gasteiger partial charge is 0.322 e. The summed E-state index contributed by atoms with van der Waals surface area (Å²) in [5.74, 6) is -0.474. The second-order valence-corrected chi connectivity index (χ2v) is 3.67. The number of amidine groups is 1. The van der Waals surface area contributed by atoms with E-state index in [-0.39, 0.29) is 6.61 Å². The molecule has 0 aliphatic carbocycles. The molecule has 1 fully saturated rings. The first-order chi connectivity index (χ1) is 7.09. The van der Waals surface area contributed by atoms with Crippen molar-refractivity contribution in [3.63, 3.8) is 0 Å². The third-order valence-electron chi connectivity index (χ3n) is 2.35. The summed E-state index contributed by atoms with van der Waals surface area (Å²) in [7, 11) is 0. The third kappa shape index (κ3) is 4.26. The average Bonchev–Trinajstić information content (AvgIpc) is 2.58. The number of rotatable bonds is 6. The lowest BCUT2D eigenvalue weighted by molar-refractivity contribution is -0.140. The minimum Gasteiger partial charge on any atom is -0.480 e. The molecule has 0 aromatic rings. The van der Waals surface area contributed by atoms with Crippen molar-refractivity contribution in [2.45, 2.75) is 31.3 Å². The van der Waals surface area contributed by atoms with E-state index >= 15 is 0 Å². The van der Waals surface area contributed by atoms with Gasteiger partial charge in [-0.2, -0.15) is 0 Å². The van der Waals surface area contributed by atoms with E-state index in [1.54, 1.807) is 0 Å². The summed E-state index contributed by atoms with van der Waals surface area (Å²) < 4.78 is 5.14. The van der Waals surface area contributed by atoms with Crippen LogP contribution in [0.2, 0.25) is 0 Å². The largest absolute Gasteiger partial charge is 0.480 e. The van der Waals surface area contributed by atoms with Crippen LogP contribution in [-0.2, 0) is 9.53 Å². The van der Waals surface area contributed by atoms with Gasteiger partial charge in [0.2, 0.25) is 0 Å². The van der Waals surface area contributed by atoms with Gasteiger partial charge in [-0.25, -0.2) is 0 Å². The van der Waals surface area contributed by atoms with Crippen LogP contribution in [0.3, 0.4) is 0 Å². The van der Waals surface area contributed by atoms with Gasteiger partial charge in [0.25, 0.3) is 0 Å². The number of hydrogen-bond acceptors (Lipinski definition) is 4. The number of nitrogens with two attached hydrogens (primary N) is 1. The summed E-state index contributed by atoms with van der Waals surface area (Å²) in [5.41, 5.74) is 5.26. The molecule has 0 spiro atoms. The van der Waals surface area contributed by atoms with Gasteiger partial charge in [-0.15, -0.1) is 0 Å². The fraction of sp³-hybridized carbons (Fsp3) is 0.778. The molecule has 0 aromatic heterocycles. The van der Waals surface area contributed by atoms with E-state index in [1.165, 1.54) is 0 Å². The molecule has 0 radical (unpaired) electrons. The third-order valence-corrected chi connectivity index (χ3v) is 2.35. The number of carbonyl (C=O) groups is 1. The molecule has 1 saturated heterocycles. The predicted molar refractivity (Wildman–Crippen MR) is 54.9 cm³/mol. The molecule has 5 N–H and O–H groups in total. The lowest BCUT2D eigenvalue weighted by Gasteiger charge is -2.11. The first-order valence-electron chi connectivity index (χ1n) is 4.99. The molecular weight excluding hydrogens is 198 g/mol. The Morgan fingerprint density at radius 1 is 1.80 bits per heavy atom. The van der Waals surface area contributed by atoms with E-state index in [4.69, 9.17) is 21.0 Å². The SMILES string of the molecule is N=C1CC[C@@H](CCOC[C@H](N)C(=O)O)N1. The molecule has 0 unspecified atom stereocenters. The fourth-order valence-corrected chi connectivity index (χ4v) is 1.43. The lowest BCUT2D eigenvalue weighted by atomic mass is 10.2. The molecule has 6 nitrogen and oxygen atoms in total. The van der Waals surface area contributed by atoms with Crippen LogP contribution in [0.15, 0.2) is 0 Å². The van der Waals surface area contributed by atoms with E-state index < -0.39 is 12.0 Å². The Labute approximate surface area is 88.3 Å². The van der Waals surface area contributed by atoms with Crippen LogP contribution in [0.5, 0.6) is 0 Å². The van der Waals surface area contributed by atoms with Crippen molar-refractivity contribution in [1.29, 1.82) is 5.41 Å². The highest BCUT2D eigenvalue weighted by Gasteiger charge is 2.18. The van der Waals surface area contributed by atoms with Gasteiger partial charge in [-0.1, -0.05) is 0 Å². The molecule has 0 amide bonds. The highest BCUT2D eigenvalue weighted by atomic mass is 16.5. The van der Waals surface area contributed by atoms with Crippen molar-refractivity contribution in [3.05, 3.63) is 0 Å². The minimum atomic E-state index is -1.05. The molecule has 0 bridgehead atoms. The Balaban J connectivity index is 2.02. The summed E-state index contributed by atoms with van der Waals surface area (Å²) in [6.45, 7) is 0.519. The molecule has 1 rings (SSSR count). The Kier molecular flexibility index (Phi) is 4.51. The fourth-order valence-electron chi connectivity index (χ4n) is 1.43. The van der Waals surface area contributed by atoms with E-state index in [1.807, 2.05) is 0 Å². The van der Waals surface area contributed by atoms with Gasteiger partial charge in [-0.05, 0) is 12.8 Å². The number of nitrogens with one attached hydrogen (secondary N) is 2. The maximum absolute atomic E-state index is 10.3. The second kappa shape index (κ2) is 5.67. The summed E-state index contributed by atoms with van der Waals surface area (Å²) in [4.78, 5) is 10.3. The molecule has 86 valence electrons. The molecule has 0 aromatic carbocycles. The van der Waals surface area contributed by atoms with E-state index in [0.29, 0.717) is 18.5 Å². The van der Waals surface area contributed by atoms with Crippen molar-refractivity contribution in [2.75, 3.05) is 13.2 Å². The van der Waals surface area contributed by atoms with E-state index in [2.05, 4.69) is 5.32 Å². The highest BCUT2D eigenvalue weighted by Crippen LogP contribution is 2.09. The monoisotopic (exact) mass is 215 g/mol. The quantitative estimate of drug-likeness (QED) is 0.448. The van der Waals surface area contributed by atoms with Gasteiger partial charge in [0.05, 0.1) is 12.4 Å². The van der Waals surface area contributed by atoms with Crippen molar-refractivity contribution in [2.24, 2.45) is 5.73 Å². The first kappa shape index (κ1) is 11.9.